The predicted octanol–water partition coefficient (Wildman–Crippen LogP) is 2.69. The third-order valence-electron chi connectivity index (χ3n) is 2.79. The molecule has 0 saturated heterocycles. The van der Waals surface area contributed by atoms with E-state index in [-0.39, 0.29) is 5.78 Å². The fourth-order valence-electron chi connectivity index (χ4n) is 1.88. The fraction of sp³-hybridized carbons (Fsp3) is 0.385. The zero-order valence-corrected chi connectivity index (χ0v) is 12.7. The largest absolute Gasteiger partial charge is 0.287 e. The first-order valence-electron chi connectivity index (χ1n) is 6.11. The van der Waals surface area contributed by atoms with Crippen molar-refractivity contribution in [3.05, 3.63) is 39.4 Å². The fourth-order valence-corrected chi connectivity index (χ4v) is 2.35. The molecule has 2 heterocycles. The molecule has 0 saturated carbocycles. The number of halogens is 1. The molecule has 0 fully saturated rings. The van der Waals surface area contributed by atoms with Crippen molar-refractivity contribution in [1.29, 1.82) is 0 Å². The first kappa shape index (κ1) is 13.9. The minimum Gasteiger partial charge on any atom is -0.287 e. The summed E-state index contributed by atoms with van der Waals surface area (Å²) in [5, 5.41) is 12.2. The van der Waals surface area contributed by atoms with Gasteiger partial charge in [0.15, 0.2) is 0 Å². The summed E-state index contributed by atoms with van der Waals surface area (Å²) in [6, 6.07) is 1.76. The first-order chi connectivity index (χ1) is 9.04. The molecule has 0 aliphatic carbocycles. The number of carbonyl (C=O) groups is 1. The molecule has 100 valence electrons. The van der Waals surface area contributed by atoms with Crippen molar-refractivity contribution in [3.63, 3.8) is 0 Å². The summed E-state index contributed by atoms with van der Waals surface area (Å²) in [5.74, 6) is -0.0756. The monoisotopic (exact) mass is 322 g/mol. The summed E-state index contributed by atoms with van der Waals surface area (Å²) in [6.07, 6.45) is 2.57. The Hall–Kier alpha value is -1.56. The van der Waals surface area contributed by atoms with E-state index in [1.165, 1.54) is 0 Å². The van der Waals surface area contributed by atoms with Crippen LogP contribution >= 0.6 is 15.9 Å². The summed E-state index contributed by atoms with van der Waals surface area (Å²) in [4.78, 5) is 12.6. The molecule has 2 rings (SSSR count). The second-order valence-corrected chi connectivity index (χ2v) is 5.23. The number of rotatable bonds is 4. The lowest BCUT2D eigenvalue weighted by molar-refractivity contribution is 0.102. The highest BCUT2D eigenvalue weighted by Crippen LogP contribution is 2.21. The molecule has 0 N–H and O–H groups in total. The Morgan fingerprint density at radius 3 is 2.79 bits per heavy atom. The van der Waals surface area contributed by atoms with Gasteiger partial charge in [0.2, 0.25) is 5.78 Å². The van der Waals surface area contributed by atoms with Gasteiger partial charge in [-0.3, -0.25) is 9.48 Å². The Labute approximate surface area is 120 Å². The molecule has 0 aromatic carbocycles. The van der Waals surface area contributed by atoms with Gasteiger partial charge >= 0.3 is 0 Å². The molecule has 0 aliphatic rings. The number of hydrogen-bond donors (Lipinski definition) is 0. The lowest BCUT2D eigenvalue weighted by Crippen LogP contribution is -2.14. The Kier molecular flexibility index (Phi) is 4.09. The summed E-state index contributed by atoms with van der Waals surface area (Å²) < 4.78 is 2.43. The van der Waals surface area contributed by atoms with Crippen molar-refractivity contribution in [3.8, 4) is 0 Å². The second kappa shape index (κ2) is 5.61. The van der Waals surface area contributed by atoms with Crippen LogP contribution in [0.2, 0.25) is 0 Å². The minimum absolute atomic E-state index is 0.0756. The Bertz CT molecular complexity index is 621. The van der Waals surface area contributed by atoms with E-state index in [2.05, 4.69) is 31.2 Å². The van der Waals surface area contributed by atoms with E-state index in [0.717, 1.165) is 12.1 Å². The average Bonchev–Trinajstić information content (AvgIpc) is 2.73. The number of hydrogen-bond acceptors (Lipinski definition) is 4. The van der Waals surface area contributed by atoms with Crippen LogP contribution in [0.1, 0.15) is 40.8 Å². The molecular weight excluding hydrogens is 308 g/mol. The van der Waals surface area contributed by atoms with Crippen LogP contribution in [0.15, 0.2) is 16.7 Å². The van der Waals surface area contributed by atoms with E-state index in [1.807, 2.05) is 13.8 Å². The molecule has 0 aliphatic heterocycles. The third-order valence-corrected chi connectivity index (χ3v) is 3.37. The predicted molar refractivity (Wildman–Crippen MR) is 75.2 cm³/mol. The molecule has 0 radical (unpaired) electrons. The van der Waals surface area contributed by atoms with E-state index in [4.69, 9.17) is 0 Å². The van der Waals surface area contributed by atoms with Crippen LogP contribution in [-0.4, -0.2) is 25.8 Å². The molecule has 5 nitrogen and oxygen atoms in total. The Morgan fingerprint density at radius 1 is 1.37 bits per heavy atom. The van der Waals surface area contributed by atoms with E-state index in [9.17, 15) is 4.79 Å². The standard InChI is InChI=1S/C13H15BrN4O/c1-4-5-18-12(11(14)7-15-18)13(19)10-6-8(2)16-17-9(10)3/h6-7H,4-5H2,1-3H3. The molecule has 0 atom stereocenters. The Morgan fingerprint density at radius 2 is 2.11 bits per heavy atom. The third kappa shape index (κ3) is 2.73. The molecule has 6 heteroatoms. The topological polar surface area (TPSA) is 60.7 Å². The van der Waals surface area contributed by atoms with Gasteiger partial charge in [-0.25, -0.2) is 0 Å². The van der Waals surface area contributed by atoms with E-state index >= 15 is 0 Å². The molecule has 19 heavy (non-hydrogen) atoms. The summed E-state index contributed by atoms with van der Waals surface area (Å²) in [5.41, 5.74) is 2.50. The van der Waals surface area contributed by atoms with Crippen LogP contribution in [0.5, 0.6) is 0 Å². The van der Waals surface area contributed by atoms with Crippen molar-refractivity contribution < 1.29 is 4.79 Å². The maximum atomic E-state index is 12.6. The Balaban J connectivity index is 2.49. The van der Waals surface area contributed by atoms with Gasteiger partial charge in [0.25, 0.3) is 0 Å². The molecule has 2 aromatic rings. The van der Waals surface area contributed by atoms with Gasteiger partial charge in [0.1, 0.15) is 5.69 Å². The van der Waals surface area contributed by atoms with Crippen LogP contribution in [-0.2, 0) is 6.54 Å². The van der Waals surface area contributed by atoms with Gasteiger partial charge in [-0.1, -0.05) is 6.92 Å². The van der Waals surface area contributed by atoms with Crippen LogP contribution in [0.25, 0.3) is 0 Å². The zero-order chi connectivity index (χ0) is 14.0. The SMILES string of the molecule is CCCn1ncc(Br)c1C(=O)c1cc(C)nnc1C. The van der Waals surface area contributed by atoms with Gasteiger partial charge in [-0.05, 0) is 42.3 Å². The van der Waals surface area contributed by atoms with Crippen molar-refractivity contribution in [2.75, 3.05) is 0 Å². The van der Waals surface area contributed by atoms with Gasteiger partial charge in [-0.15, -0.1) is 0 Å². The van der Waals surface area contributed by atoms with Crippen LogP contribution in [0.3, 0.4) is 0 Å². The summed E-state index contributed by atoms with van der Waals surface area (Å²) in [6.45, 7) is 6.37. The molecule has 0 unspecified atom stereocenters. The van der Waals surface area contributed by atoms with Gasteiger partial charge in [-0.2, -0.15) is 15.3 Å². The highest BCUT2D eigenvalue weighted by atomic mass is 79.9. The average molecular weight is 323 g/mol. The summed E-state index contributed by atoms with van der Waals surface area (Å²) >= 11 is 3.39. The van der Waals surface area contributed by atoms with Gasteiger partial charge in [0.05, 0.1) is 22.1 Å². The zero-order valence-electron chi connectivity index (χ0n) is 11.1. The molecule has 0 amide bonds. The summed E-state index contributed by atoms with van der Waals surface area (Å²) in [7, 11) is 0. The van der Waals surface area contributed by atoms with Crippen LogP contribution in [0.4, 0.5) is 0 Å². The first-order valence-corrected chi connectivity index (χ1v) is 6.90. The van der Waals surface area contributed by atoms with Gasteiger partial charge in [0, 0.05) is 12.1 Å². The van der Waals surface area contributed by atoms with Gasteiger partial charge < -0.3 is 0 Å². The van der Waals surface area contributed by atoms with Crippen LogP contribution in [0, 0.1) is 13.8 Å². The van der Waals surface area contributed by atoms with E-state index < -0.39 is 0 Å². The lowest BCUT2D eigenvalue weighted by atomic mass is 10.1. The van der Waals surface area contributed by atoms with Crippen LogP contribution < -0.4 is 0 Å². The normalized spacial score (nSPS) is 10.7. The maximum absolute atomic E-state index is 12.6. The second-order valence-electron chi connectivity index (χ2n) is 4.38. The number of aryl methyl sites for hydroxylation is 3. The van der Waals surface area contributed by atoms with Crippen molar-refractivity contribution in [1.82, 2.24) is 20.0 Å². The number of nitrogens with zero attached hydrogens (tertiary/aromatic N) is 4. The number of ketones is 1. The molecule has 0 bridgehead atoms. The lowest BCUT2D eigenvalue weighted by Gasteiger charge is -2.08. The van der Waals surface area contributed by atoms with E-state index in [0.29, 0.717) is 28.0 Å². The molecule has 0 spiro atoms. The molecular formula is C13H15BrN4O. The smallest absolute Gasteiger partial charge is 0.214 e. The van der Waals surface area contributed by atoms with E-state index in [1.54, 1.807) is 23.9 Å². The molecule has 2 aromatic heterocycles. The highest BCUT2D eigenvalue weighted by Gasteiger charge is 2.21. The quantitative estimate of drug-likeness (QED) is 0.812. The van der Waals surface area contributed by atoms with Crippen molar-refractivity contribution in [2.45, 2.75) is 33.7 Å². The number of carbonyl (C=O) groups excluding carboxylic acids is 1. The number of aromatic nitrogens is 4. The maximum Gasteiger partial charge on any atom is 0.214 e. The minimum atomic E-state index is -0.0756. The highest BCUT2D eigenvalue weighted by molar-refractivity contribution is 9.10. The van der Waals surface area contributed by atoms with Crippen molar-refractivity contribution in [2.24, 2.45) is 0 Å². The van der Waals surface area contributed by atoms with Crippen molar-refractivity contribution >= 4 is 21.7 Å².